The molecule has 1 aliphatic rings. The summed E-state index contributed by atoms with van der Waals surface area (Å²) in [6, 6.07) is 18.2. The quantitative estimate of drug-likeness (QED) is 0.447. The first kappa shape index (κ1) is 24.5. The molecule has 1 unspecified atom stereocenters. The Balaban J connectivity index is 1.45. The fourth-order valence-corrected chi connectivity index (χ4v) is 5.41. The van der Waals surface area contributed by atoms with Crippen molar-refractivity contribution in [3.63, 3.8) is 0 Å². The summed E-state index contributed by atoms with van der Waals surface area (Å²) in [5, 5.41) is 2.43. The first-order valence-corrected chi connectivity index (χ1v) is 12.7. The molecule has 9 nitrogen and oxygen atoms in total. The van der Waals surface area contributed by atoms with Gasteiger partial charge in [-0.05, 0) is 50.1 Å². The van der Waals surface area contributed by atoms with Crippen molar-refractivity contribution in [3.8, 4) is 11.5 Å². The highest BCUT2D eigenvalue weighted by atomic mass is 32.2. The van der Waals surface area contributed by atoms with Crippen LogP contribution in [0.1, 0.15) is 35.9 Å². The molecule has 2 aromatic carbocycles. The summed E-state index contributed by atoms with van der Waals surface area (Å²) in [5.74, 6) is -0.114. The highest BCUT2D eigenvalue weighted by Gasteiger charge is 2.41. The van der Waals surface area contributed by atoms with Crippen LogP contribution in [0.25, 0.3) is 0 Å². The average molecular weight is 499 g/mol. The molecule has 1 fully saturated rings. The number of nitrogens with one attached hydrogen (secondary N) is 1. The van der Waals surface area contributed by atoms with E-state index in [2.05, 4.69) is 5.32 Å². The summed E-state index contributed by atoms with van der Waals surface area (Å²) in [5.41, 5.74) is 0.752. The molecule has 1 atom stereocenters. The molecule has 0 bridgehead atoms. The third-order valence-electron chi connectivity index (χ3n) is 5.52. The lowest BCUT2D eigenvalue weighted by molar-refractivity contribution is -0.124. The number of esters is 1. The van der Waals surface area contributed by atoms with Crippen molar-refractivity contribution in [2.24, 2.45) is 0 Å². The molecule has 1 aliphatic heterocycles. The maximum Gasteiger partial charge on any atom is 0.374 e. The highest BCUT2D eigenvalue weighted by Crippen LogP contribution is 2.28. The molecular formula is C25H26N2O7S. The Labute approximate surface area is 203 Å². The van der Waals surface area contributed by atoms with Crippen molar-refractivity contribution in [2.75, 3.05) is 13.2 Å². The van der Waals surface area contributed by atoms with E-state index in [-0.39, 0.29) is 25.5 Å². The van der Waals surface area contributed by atoms with Crippen LogP contribution in [-0.2, 0) is 26.1 Å². The van der Waals surface area contributed by atoms with E-state index in [1.807, 2.05) is 48.5 Å². The van der Waals surface area contributed by atoms with Gasteiger partial charge in [-0.2, -0.15) is 4.31 Å². The van der Waals surface area contributed by atoms with Crippen molar-refractivity contribution in [1.82, 2.24) is 9.62 Å². The number of sulfonamides is 1. The molecule has 0 spiro atoms. The minimum atomic E-state index is -4.12. The second-order valence-electron chi connectivity index (χ2n) is 7.85. The third kappa shape index (κ3) is 5.55. The predicted octanol–water partition coefficient (Wildman–Crippen LogP) is 3.72. The Kier molecular flexibility index (Phi) is 7.52. The number of furan rings is 1. The van der Waals surface area contributed by atoms with Crippen molar-refractivity contribution >= 4 is 21.9 Å². The Bertz CT molecular complexity index is 1290. The van der Waals surface area contributed by atoms with Crippen LogP contribution in [0.3, 0.4) is 0 Å². The molecule has 0 radical (unpaired) electrons. The van der Waals surface area contributed by atoms with Crippen LogP contribution >= 0.6 is 0 Å². The number of rotatable bonds is 9. The standard InChI is InChI=1S/C25H26N2O7S/c1-2-32-25(29)22-14-15-23(34-22)35(30,31)27-16-8-12-20(27)24(28)26-17-18-9-6-7-13-21(18)33-19-10-4-3-5-11-19/h3-7,9-11,13-15,20H,2,8,12,16-17H2,1H3,(H,26,28). The lowest BCUT2D eigenvalue weighted by Crippen LogP contribution is -2.45. The molecule has 3 aromatic rings. The van der Waals surface area contributed by atoms with Gasteiger partial charge in [-0.3, -0.25) is 4.79 Å². The molecule has 2 heterocycles. The van der Waals surface area contributed by atoms with Gasteiger partial charge in [0.15, 0.2) is 0 Å². The number of para-hydroxylation sites is 2. The number of carbonyl (C=O) groups is 2. The maximum atomic E-state index is 13.2. The number of amides is 1. The van der Waals surface area contributed by atoms with Gasteiger partial charge in [0, 0.05) is 18.7 Å². The van der Waals surface area contributed by atoms with Crippen molar-refractivity contribution in [2.45, 2.75) is 37.4 Å². The highest BCUT2D eigenvalue weighted by molar-refractivity contribution is 7.89. The van der Waals surface area contributed by atoms with Crippen LogP contribution < -0.4 is 10.1 Å². The van der Waals surface area contributed by atoms with E-state index in [0.29, 0.717) is 24.3 Å². The van der Waals surface area contributed by atoms with Gasteiger partial charge in [0.2, 0.25) is 16.8 Å². The summed E-state index contributed by atoms with van der Waals surface area (Å²) < 4.78 is 43.5. The fourth-order valence-electron chi connectivity index (χ4n) is 3.84. The summed E-state index contributed by atoms with van der Waals surface area (Å²) in [7, 11) is -4.12. The van der Waals surface area contributed by atoms with Gasteiger partial charge >= 0.3 is 5.97 Å². The van der Waals surface area contributed by atoms with Gasteiger partial charge in [0.05, 0.1) is 6.61 Å². The molecule has 4 rings (SSSR count). The minimum Gasteiger partial charge on any atom is -0.460 e. The zero-order chi connectivity index (χ0) is 24.8. The number of ether oxygens (including phenoxy) is 2. The van der Waals surface area contributed by atoms with E-state index < -0.39 is 33.0 Å². The molecule has 1 amide bonds. The van der Waals surface area contributed by atoms with E-state index in [1.165, 1.54) is 12.1 Å². The molecule has 1 saturated heterocycles. The monoisotopic (exact) mass is 498 g/mol. The summed E-state index contributed by atoms with van der Waals surface area (Å²) in [6.45, 7) is 2.11. The zero-order valence-corrected chi connectivity index (χ0v) is 20.0. The second kappa shape index (κ2) is 10.7. The largest absolute Gasteiger partial charge is 0.460 e. The minimum absolute atomic E-state index is 0.134. The lowest BCUT2D eigenvalue weighted by atomic mass is 10.1. The average Bonchev–Trinajstić information content (AvgIpc) is 3.55. The first-order valence-electron chi connectivity index (χ1n) is 11.3. The van der Waals surface area contributed by atoms with Gasteiger partial charge in [-0.1, -0.05) is 36.4 Å². The summed E-state index contributed by atoms with van der Waals surface area (Å²) in [4.78, 5) is 24.9. The van der Waals surface area contributed by atoms with Crippen molar-refractivity contribution < 1.29 is 31.9 Å². The van der Waals surface area contributed by atoms with Crippen molar-refractivity contribution in [1.29, 1.82) is 0 Å². The Hall–Kier alpha value is -3.63. The topological polar surface area (TPSA) is 115 Å². The molecule has 184 valence electrons. The third-order valence-corrected chi connectivity index (χ3v) is 7.31. The number of hydrogen-bond acceptors (Lipinski definition) is 7. The van der Waals surface area contributed by atoms with Gasteiger partial charge < -0.3 is 19.2 Å². The van der Waals surface area contributed by atoms with E-state index in [9.17, 15) is 18.0 Å². The maximum absolute atomic E-state index is 13.2. The summed E-state index contributed by atoms with van der Waals surface area (Å²) >= 11 is 0. The summed E-state index contributed by atoms with van der Waals surface area (Å²) in [6.07, 6.45) is 0.898. The van der Waals surface area contributed by atoms with E-state index >= 15 is 0 Å². The van der Waals surface area contributed by atoms with Crippen LogP contribution in [-0.4, -0.2) is 43.8 Å². The Morgan fingerprint density at radius 2 is 1.80 bits per heavy atom. The second-order valence-corrected chi connectivity index (χ2v) is 9.68. The molecule has 10 heteroatoms. The predicted molar refractivity (Wildman–Crippen MR) is 126 cm³/mol. The SMILES string of the molecule is CCOC(=O)c1ccc(S(=O)(=O)N2CCCC2C(=O)NCc2ccccc2Oc2ccccc2)o1. The van der Waals surface area contributed by atoms with Crippen LogP contribution in [0.4, 0.5) is 0 Å². The van der Waals surface area contributed by atoms with Gasteiger partial charge in [-0.25, -0.2) is 13.2 Å². The van der Waals surface area contributed by atoms with E-state index in [4.69, 9.17) is 13.9 Å². The smallest absolute Gasteiger partial charge is 0.374 e. The number of nitrogens with zero attached hydrogens (tertiary/aromatic N) is 1. The van der Waals surface area contributed by atoms with Crippen LogP contribution in [0.15, 0.2) is 76.2 Å². The van der Waals surface area contributed by atoms with Gasteiger partial charge in [0.1, 0.15) is 17.5 Å². The Morgan fingerprint density at radius 1 is 1.06 bits per heavy atom. The fraction of sp³-hybridized carbons (Fsp3) is 0.280. The first-order chi connectivity index (χ1) is 16.9. The van der Waals surface area contributed by atoms with Crippen LogP contribution in [0.5, 0.6) is 11.5 Å². The number of carbonyl (C=O) groups excluding carboxylic acids is 2. The van der Waals surface area contributed by atoms with E-state index in [1.54, 1.807) is 13.0 Å². The number of hydrogen-bond donors (Lipinski definition) is 1. The molecule has 1 N–H and O–H groups in total. The molecule has 0 aliphatic carbocycles. The van der Waals surface area contributed by atoms with E-state index in [0.717, 1.165) is 9.87 Å². The molecule has 1 aromatic heterocycles. The van der Waals surface area contributed by atoms with Crippen molar-refractivity contribution in [3.05, 3.63) is 78.1 Å². The number of benzene rings is 2. The van der Waals surface area contributed by atoms with Crippen LogP contribution in [0, 0.1) is 0 Å². The Morgan fingerprint density at radius 3 is 2.57 bits per heavy atom. The van der Waals surface area contributed by atoms with Gasteiger partial charge in [-0.15, -0.1) is 0 Å². The normalized spacial score (nSPS) is 16.1. The van der Waals surface area contributed by atoms with Crippen LogP contribution in [0.2, 0.25) is 0 Å². The zero-order valence-electron chi connectivity index (χ0n) is 19.2. The molecular weight excluding hydrogens is 472 g/mol. The molecule has 35 heavy (non-hydrogen) atoms. The van der Waals surface area contributed by atoms with Gasteiger partial charge in [0.25, 0.3) is 10.0 Å². The molecule has 0 saturated carbocycles. The lowest BCUT2D eigenvalue weighted by Gasteiger charge is -2.22.